The third-order valence-corrected chi connectivity index (χ3v) is 6.14. The van der Waals surface area contributed by atoms with Crippen molar-refractivity contribution in [3.05, 3.63) is 58.1 Å². The number of nitrogens with zero attached hydrogens (tertiary/aromatic N) is 1. The summed E-state index contributed by atoms with van der Waals surface area (Å²) in [6.07, 6.45) is 1.66. The monoisotopic (exact) mass is 532 g/mol. The molecule has 0 unspecified atom stereocenters. The SMILES string of the molecule is CCOc1ccc(CCC(=O)N(Cc2cccc(Br)c2)[C@@H](C)C(=O)N[C@H](C)CC)cc1OCC. The largest absolute Gasteiger partial charge is 0.490 e. The molecule has 2 atom stereocenters. The number of carbonyl (C=O) groups is 2. The summed E-state index contributed by atoms with van der Waals surface area (Å²) in [5.41, 5.74) is 1.95. The maximum Gasteiger partial charge on any atom is 0.242 e. The van der Waals surface area contributed by atoms with E-state index in [0.717, 1.165) is 22.0 Å². The van der Waals surface area contributed by atoms with Gasteiger partial charge >= 0.3 is 0 Å². The van der Waals surface area contributed by atoms with Gasteiger partial charge in [-0.15, -0.1) is 0 Å². The topological polar surface area (TPSA) is 67.9 Å². The lowest BCUT2D eigenvalue weighted by Crippen LogP contribution is -2.49. The Labute approximate surface area is 212 Å². The molecular weight excluding hydrogens is 496 g/mol. The minimum absolute atomic E-state index is 0.0543. The standard InChI is InChI=1S/C27H37BrN2O4/c1-6-19(4)29-27(32)20(5)30(18-22-10-9-11-23(28)16-22)26(31)15-13-21-12-14-24(33-7-2)25(17-21)34-8-3/h9-12,14,16-17,19-20H,6-8,13,15,18H2,1-5H3,(H,29,32)/t19-,20+/m1/s1. The van der Waals surface area contributed by atoms with Crippen molar-refractivity contribution in [2.45, 2.75) is 72.5 Å². The first-order valence-electron chi connectivity index (χ1n) is 12.0. The smallest absolute Gasteiger partial charge is 0.242 e. The van der Waals surface area contributed by atoms with Crippen molar-refractivity contribution in [3.63, 3.8) is 0 Å². The molecule has 2 amide bonds. The van der Waals surface area contributed by atoms with Gasteiger partial charge < -0.3 is 19.7 Å². The lowest BCUT2D eigenvalue weighted by atomic mass is 10.1. The summed E-state index contributed by atoms with van der Waals surface area (Å²) in [5.74, 6) is 1.17. The Hall–Kier alpha value is -2.54. The molecule has 2 aromatic rings. The van der Waals surface area contributed by atoms with Gasteiger partial charge in [0.15, 0.2) is 11.5 Å². The van der Waals surface area contributed by atoms with E-state index < -0.39 is 6.04 Å². The molecule has 2 aromatic carbocycles. The Morgan fingerprint density at radius 2 is 1.68 bits per heavy atom. The van der Waals surface area contributed by atoms with Gasteiger partial charge in [-0.25, -0.2) is 0 Å². The van der Waals surface area contributed by atoms with Gasteiger partial charge in [-0.05, 0) is 75.9 Å². The van der Waals surface area contributed by atoms with Crippen molar-refractivity contribution in [3.8, 4) is 11.5 Å². The number of halogens is 1. The van der Waals surface area contributed by atoms with E-state index in [1.165, 1.54) is 0 Å². The van der Waals surface area contributed by atoms with Crippen molar-refractivity contribution in [2.24, 2.45) is 0 Å². The van der Waals surface area contributed by atoms with Gasteiger partial charge in [-0.1, -0.05) is 41.1 Å². The van der Waals surface area contributed by atoms with Gasteiger partial charge in [0.1, 0.15) is 6.04 Å². The molecule has 0 aliphatic carbocycles. The highest BCUT2D eigenvalue weighted by molar-refractivity contribution is 9.10. The molecule has 34 heavy (non-hydrogen) atoms. The summed E-state index contributed by atoms with van der Waals surface area (Å²) in [5, 5.41) is 3.00. The van der Waals surface area contributed by atoms with E-state index in [-0.39, 0.29) is 24.3 Å². The first kappa shape index (κ1) is 27.7. The van der Waals surface area contributed by atoms with Gasteiger partial charge in [0, 0.05) is 23.5 Å². The number of nitrogens with one attached hydrogen (secondary N) is 1. The lowest BCUT2D eigenvalue weighted by molar-refractivity contribution is -0.140. The van der Waals surface area contributed by atoms with Crippen molar-refractivity contribution in [1.82, 2.24) is 10.2 Å². The van der Waals surface area contributed by atoms with E-state index in [0.29, 0.717) is 37.7 Å². The van der Waals surface area contributed by atoms with E-state index in [2.05, 4.69) is 21.2 Å². The number of rotatable bonds is 13. The fraction of sp³-hybridized carbons (Fsp3) is 0.481. The first-order valence-corrected chi connectivity index (χ1v) is 12.8. The summed E-state index contributed by atoms with van der Waals surface area (Å²) in [4.78, 5) is 27.9. The van der Waals surface area contributed by atoms with E-state index in [9.17, 15) is 9.59 Å². The second-order valence-electron chi connectivity index (χ2n) is 8.29. The van der Waals surface area contributed by atoms with E-state index in [1.807, 2.05) is 70.2 Å². The van der Waals surface area contributed by atoms with Gasteiger partial charge in [0.25, 0.3) is 0 Å². The van der Waals surface area contributed by atoms with Crippen molar-refractivity contribution in [1.29, 1.82) is 0 Å². The molecule has 0 heterocycles. The molecule has 0 saturated carbocycles. The van der Waals surface area contributed by atoms with Crippen molar-refractivity contribution < 1.29 is 19.1 Å². The summed E-state index contributed by atoms with van der Waals surface area (Å²) in [6, 6.07) is 13.1. The van der Waals surface area contributed by atoms with Gasteiger partial charge in [0.05, 0.1) is 13.2 Å². The van der Waals surface area contributed by atoms with Crippen LogP contribution in [0.2, 0.25) is 0 Å². The van der Waals surface area contributed by atoms with Crippen LogP contribution in [0.15, 0.2) is 46.9 Å². The van der Waals surface area contributed by atoms with Crippen LogP contribution in [0.5, 0.6) is 11.5 Å². The third kappa shape index (κ3) is 8.35. The highest BCUT2D eigenvalue weighted by atomic mass is 79.9. The predicted octanol–water partition coefficient (Wildman–Crippen LogP) is 5.51. The van der Waals surface area contributed by atoms with Gasteiger partial charge in [0.2, 0.25) is 11.8 Å². The molecule has 0 radical (unpaired) electrons. The number of aryl methyl sites for hydroxylation is 1. The van der Waals surface area contributed by atoms with Crippen LogP contribution in [0.25, 0.3) is 0 Å². The molecule has 0 bridgehead atoms. The van der Waals surface area contributed by atoms with Crippen LogP contribution in [-0.2, 0) is 22.6 Å². The number of benzene rings is 2. The average Bonchev–Trinajstić information content (AvgIpc) is 2.82. The molecule has 0 aliphatic heterocycles. The molecule has 1 N–H and O–H groups in total. The molecule has 0 spiro atoms. The van der Waals surface area contributed by atoms with Gasteiger partial charge in [-0.3, -0.25) is 9.59 Å². The second-order valence-corrected chi connectivity index (χ2v) is 9.21. The van der Waals surface area contributed by atoms with E-state index in [4.69, 9.17) is 9.47 Å². The fourth-order valence-electron chi connectivity index (χ4n) is 3.53. The fourth-order valence-corrected chi connectivity index (χ4v) is 3.97. The average molecular weight is 534 g/mol. The minimum Gasteiger partial charge on any atom is -0.490 e. The van der Waals surface area contributed by atoms with Crippen LogP contribution < -0.4 is 14.8 Å². The summed E-state index contributed by atoms with van der Waals surface area (Å²) >= 11 is 3.49. The molecule has 0 aliphatic rings. The highest BCUT2D eigenvalue weighted by Crippen LogP contribution is 2.29. The molecule has 0 fully saturated rings. The number of ether oxygens (including phenoxy) is 2. The number of carbonyl (C=O) groups excluding carboxylic acids is 2. The molecular formula is C27H37BrN2O4. The lowest BCUT2D eigenvalue weighted by Gasteiger charge is -2.30. The number of amides is 2. The van der Waals surface area contributed by atoms with Crippen molar-refractivity contribution in [2.75, 3.05) is 13.2 Å². The summed E-state index contributed by atoms with van der Waals surface area (Å²) in [7, 11) is 0. The number of hydrogen-bond acceptors (Lipinski definition) is 4. The van der Waals surface area contributed by atoms with Crippen LogP contribution in [0, 0.1) is 0 Å². The first-order chi connectivity index (χ1) is 16.3. The summed E-state index contributed by atoms with van der Waals surface area (Å²) in [6.45, 7) is 11.1. The molecule has 0 saturated heterocycles. The Kier molecular flexibility index (Phi) is 11.4. The molecule has 2 rings (SSSR count). The quantitative estimate of drug-likeness (QED) is 0.369. The van der Waals surface area contributed by atoms with Gasteiger partial charge in [-0.2, -0.15) is 0 Å². The highest BCUT2D eigenvalue weighted by Gasteiger charge is 2.26. The zero-order valence-electron chi connectivity index (χ0n) is 20.9. The summed E-state index contributed by atoms with van der Waals surface area (Å²) < 4.78 is 12.3. The zero-order chi connectivity index (χ0) is 25.1. The molecule has 0 aromatic heterocycles. The third-order valence-electron chi connectivity index (χ3n) is 5.65. The number of hydrogen-bond donors (Lipinski definition) is 1. The van der Waals surface area contributed by atoms with Crippen LogP contribution in [0.4, 0.5) is 0 Å². The maximum atomic E-state index is 13.4. The maximum absolute atomic E-state index is 13.4. The van der Waals surface area contributed by atoms with Crippen LogP contribution in [0.3, 0.4) is 0 Å². The Morgan fingerprint density at radius 1 is 0.971 bits per heavy atom. The van der Waals surface area contributed by atoms with E-state index >= 15 is 0 Å². The Balaban J connectivity index is 2.18. The van der Waals surface area contributed by atoms with Crippen LogP contribution in [0.1, 0.15) is 58.6 Å². The molecule has 7 heteroatoms. The molecule has 6 nitrogen and oxygen atoms in total. The second kappa shape index (κ2) is 14.0. The minimum atomic E-state index is -0.584. The predicted molar refractivity (Wildman–Crippen MR) is 139 cm³/mol. The van der Waals surface area contributed by atoms with E-state index in [1.54, 1.807) is 11.8 Å². The molecule has 186 valence electrons. The normalized spacial score (nSPS) is 12.5. The van der Waals surface area contributed by atoms with Crippen molar-refractivity contribution >= 4 is 27.7 Å². The van der Waals surface area contributed by atoms with Crippen LogP contribution in [-0.4, -0.2) is 42.0 Å². The Morgan fingerprint density at radius 3 is 2.32 bits per heavy atom. The zero-order valence-corrected chi connectivity index (χ0v) is 22.5. The Bertz CT molecular complexity index is 950. The van der Waals surface area contributed by atoms with Crippen LogP contribution >= 0.6 is 15.9 Å².